The predicted octanol–water partition coefficient (Wildman–Crippen LogP) is 2.59. The number of benzene rings is 2. The van der Waals surface area contributed by atoms with Gasteiger partial charge in [0.15, 0.2) is 0 Å². The summed E-state index contributed by atoms with van der Waals surface area (Å²) in [4.78, 5) is 40.2. The molecule has 4 rings (SSSR count). The zero-order chi connectivity index (χ0) is 23.8. The summed E-state index contributed by atoms with van der Waals surface area (Å²) in [6.07, 6.45) is 2.46. The Morgan fingerprint density at radius 1 is 0.971 bits per heavy atom. The molecule has 8 nitrogen and oxygen atoms in total. The van der Waals surface area contributed by atoms with E-state index in [2.05, 4.69) is 27.7 Å². The fourth-order valence-corrected chi connectivity index (χ4v) is 4.28. The zero-order valence-corrected chi connectivity index (χ0v) is 19.4. The minimum Gasteiger partial charge on any atom is -0.494 e. The number of amides is 3. The fraction of sp³-hybridized carbons (Fsp3) is 0.423. The Balaban J connectivity index is 1.07. The molecule has 2 N–H and O–H groups in total. The number of hydrogen-bond acceptors (Lipinski definition) is 5. The van der Waals surface area contributed by atoms with Crippen molar-refractivity contribution in [3.63, 3.8) is 0 Å². The molecule has 1 saturated heterocycles. The molecule has 0 unspecified atom stereocenters. The number of nitrogens with zero attached hydrogens (tertiary/aromatic N) is 2. The lowest BCUT2D eigenvalue weighted by Gasteiger charge is -2.36. The van der Waals surface area contributed by atoms with Crippen molar-refractivity contribution < 1.29 is 19.1 Å². The summed E-state index contributed by atoms with van der Waals surface area (Å²) in [6.45, 7) is 3.83. The summed E-state index contributed by atoms with van der Waals surface area (Å²) >= 11 is 0. The highest BCUT2D eigenvalue weighted by atomic mass is 16.5. The fourth-order valence-electron chi connectivity index (χ4n) is 4.28. The van der Waals surface area contributed by atoms with Gasteiger partial charge in [-0.25, -0.2) is 0 Å². The number of carbonyl (C=O) groups is 3. The molecule has 0 aromatic heterocycles. The average molecular weight is 465 g/mol. The Labute approximate surface area is 200 Å². The van der Waals surface area contributed by atoms with E-state index < -0.39 is 0 Å². The van der Waals surface area contributed by atoms with Gasteiger partial charge in [-0.15, -0.1) is 0 Å². The second kappa shape index (κ2) is 11.5. The number of ether oxygens (including phenoxy) is 1. The molecule has 0 radical (unpaired) electrons. The number of carbonyl (C=O) groups excluding carboxylic acids is 3. The van der Waals surface area contributed by atoms with Gasteiger partial charge in [0.25, 0.3) is 0 Å². The maximum absolute atomic E-state index is 12.5. The summed E-state index contributed by atoms with van der Waals surface area (Å²) < 4.78 is 5.75. The van der Waals surface area contributed by atoms with Crippen LogP contribution in [-0.2, 0) is 20.8 Å². The molecule has 2 aromatic carbocycles. The SMILES string of the molecule is O=C(CCCOc1ccc2c(c1)CCC(=O)N2)NCCC(=O)N1CCN(c2ccccc2)CC1. The summed E-state index contributed by atoms with van der Waals surface area (Å²) in [5.74, 6) is 0.797. The van der Waals surface area contributed by atoms with Gasteiger partial charge in [-0.05, 0) is 48.7 Å². The molecule has 34 heavy (non-hydrogen) atoms. The van der Waals surface area contributed by atoms with Crippen molar-refractivity contribution in [3.8, 4) is 5.75 Å². The van der Waals surface area contributed by atoms with E-state index >= 15 is 0 Å². The molecule has 0 bridgehead atoms. The molecule has 8 heteroatoms. The lowest BCUT2D eigenvalue weighted by Crippen LogP contribution is -2.49. The maximum Gasteiger partial charge on any atom is 0.224 e. The molecular formula is C26H32N4O4. The molecule has 2 aliphatic rings. The number of fused-ring (bicyclic) bond motifs is 1. The second-order valence-electron chi connectivity index (χ2n) is 8.62. The molecule has 180 valence electrons. The highest BCUT2D eigenvalue weighted by Crippen LogP contribution is 2.26. The topological polar surface area (TPSA) is 91.0 Å². The van der Waals surface area contributed by atoms with Crippen molar-refractivity contribution in [2.45, 2.75) is 32.1 Å². The van der Waals surface area contributed by atoms with E-state index in [1.807, 2.05) is 41.3 Å². The van der Waals surface area contributed by atoms with Gasteiger partial charge in [0.05, 0.1) is 6.61 Å². The molecule has 0 aliphatic carbocycles. The van der Waals surface area contributed by atoms with Crippen molar-refractivity contribution in [1.29, 1.82) is 0 Å². The summed E-state index contributed by atoms with van der Waals surface area (Å²) in [7, 11) is 0. The number of piperazine rings is 1. The number of nitrogens with one attached hydrogen (secondary N) is 2. The van der Waals surface area contributed by atoms with E-state index in [1.54, 1.807) is 0 Å². The van der Waals surface area contributed by atoms with Crippen LogP contribution in [0.2, 0.25) is 0 Å². The minimum absolute atomic E-state index is 0.0412. The number of hydrogen-bond donors (Lipinski definition) is 2. The smallest absolute Gasteiger partial charge is 0.224 e. The van der Waals surface area contributed by atoms with E-state index in [9.17, 15) is 14.4 Å². The average Bonchev–Trinajstić information content (AvgIpc) is 2.87. The van der Waals surface area contributed by atoms with Gasteiger partial charge in [-0.1, -0.05) is 18.2 Å². The van der Waals surface area contributed by atoms with Crippen LogP contribution >= 0.6 is 0 Å². The predicted molar refractivity (Wildman–Crippen MR) is 131 cm³/mol. The number of para-hydroxylation sites is 1. The quantitative estimate of drug-likeness (QED) is 0.557. The van der Waals surface area contributed by atoms with Gasteiger partial charge >= 0.3 is 0 Å². The monoisotopic (exact) mass is 464 g/mol. The third-order valence-corrected chi connectivity index (χ3v) is 6.20. The van der Waals surface area contributed by atoms with Crippen molar-refractivity contribution in [3.05, 3.63) is 54.1 Å². The molecule has 3 amide bonds. The van der Waals surface area contributed by atoms with E-state index in [4.69, 9.17) is 4.74 Å². The van der Waals surface area contributed by atoms with Gasteiger partial charge in [0, 0.05) is 63.4 Å². The van der Waals surface area contributed by atoms with Crippen molar-refractivity contribution in [2.24, 2.45) is 0 Å². The first-order valence-electron chi connectivity index (χ1n) is 12.0. The van der Waals surface area contributed by atoms with Gasteiger partial charge in [-0.3, -0.25) is 14.4 Å². The van der Waals surface area contributed by atoms with Crippen LogP contribution in [0.5, 0.6) is 5.75 Å². The third-order valence-electron chi connectivity index (χ3n) is 6.20. The van der Waals surface area contributed by atoms with Crippen LogP contribution in [-0.4, -0.2) is 62.0 Å². The second-order valence-corrected chi connectivity index (χ2v) is 8.62. The van der Waals surface area contributed by atoms with E-state index in [1.165, 1.54) is 5.69 Å². The van der Waals surface area contributed by atoms with Crippen LogP contribution in [0.4, 0.5) is 11.4 Å². The lowest BCUT2D eigenvalue weighted by atomic mass is 10.0. The van der Waals surface area contributed by atoms with Crippen molar-refractivity contribution in [1.82, 2.24) is 10.2 Å². The Kier molecular flexibility index (Phi) is 8.01. The van der Waals surface area contributed by atoms with Gasteiger partial charge < -0.3 is 25.2 Å². The normalized spacial score (nSPS) is 15.4. The zero-order valence-electron chi connectivity index (χ0n) is 19.4. The van der Waals surface area contributed by atoms with Crippen LogP contribution in [0.1, 0.15) is 31.2 Å². The van der Waals surface area contributed by atoms with Crippen LogP contribution in [0.3, 0.4) is 0 Å². The van der Waals surface area contributed by atoms with E-state index in [-0.39, 0.29) is 17.7 Å². The Hall–Kier alpha value is -3.55. The van der Waals surface area contributed by atoms with Crippen molar-refractivity contribution >= 4 is 29.1 Å². The Bertz CT molecular complexity index is 1000. The highest BCUT2D eigenvalue weighted by molar-refractivity contribution is 5.94. The summed E-state index contributed by atoms with van der Waals surface area (Å²) in [5.41, 5.74) is 3.10. The molecule has 2 aliphatic heterocycles. The number of anilines is 2. The first-order chi connectivity index (χ1) is 16.6. The molecule has 0 atom stereocenters. The highest BCUT2D eigenvalue weighted by Gasteiger charge is 2.21. The van der Waals surface area contributed by atoms with Crippen LogP contribution < -0.4 is 20.3 Å². The van der Waals surface area contributed by atoms with Crippen molar-refractivity contribution in [2.75, 3.05) is 49.5 Å². The maximum atomic E-state index is 12.5. The van der Waals surface area contributed by atoms with Crippen LogP contribution in [0.15, 0.2) is 48.5 Å². The molecule has 2 heterocycles. The molecule has 0 saturated carbocycles. The Morgan fingerprint density at radius 3 is 2.56 bits per heavy atom. The van der Waals surface area contributed by atoms with Gasteiger partial charge in [0.1, 0.15) is 5.75 Å². The third kappa shape index (κ3) is 6.50. The van der Waals surface area contributed by atoms with Gasteiger partial charge in [-0.2, -0.15) is 0 Å². The number of aryl methyl sites for hydroxylation is 1. The molecule has 1 fully saturated rings. The minimum atomic E-state index is -0.0709. The van der Waals surface area contributed by atoms with Crippen LogP contribution in [0, 0.1) is 0 Å². The molecule has 0 spiro atoms. The lowest BCUT2D eigenvalue weighted by molar-refractivity contribution is -0.131. The van der Waals surface area contributed by atoms with Crippen LogP contribution in [0.25, 0.3) is 0 Å². The van der Waals surface area contributed by atoms with E-state index in [0.29, 0.717) is 58.3 Å². The largest absolute Gasteiger partial charge is 0.494 e. The molecule has 2 aromatic rings. The van der Waals surface area contributed by atoms with Gasteiger partial charge in [0.2, 0.25) is 17.7 Å². The van der Waals surface area contributed by atoms with E-state index in [0.717, 1.165) is 30.1 Å². The standard InChI is InChI=1S/C26H32N4O4/c31-24(7-4-18-34-22-9-10-23-20(19-22)8-11-25(32)28-23)27-13-12-26(33)30-16-14-29(15-17-30)21-5-2-1-3-6-21/h1-3,5-6,9-10,19H,4,7-8,11-18H2,(H,27,31)(H,28,32). The summed E-state index contributed by atoms with van der Waals surface area (Å²) in [6, 6.07) is 15.9. The Morgan fingerprint density at radius 2 is 1.76 bits per heavy atom. The first-order valence-corrected chi connectivity index (χ1v) is 12.0. The molecular weight excluding hydrogens is 432 g/mol. The summed E-state index contributed by atoms with van der Waals surface area (Å²) in [5, 5.41) is 5.69. The first kappa shape index (κ1) is 23.6. The number of rotatable bonds is 9.